The van der Waals surface area contributed by atoms with Crippen molar-refractivity contribution in [2.45, 2.75) is 52.6 Å². The summed E-state index contributed by atoms with van der Waals surface area (Å²) < 4.78 is 10.7. The zero-order valence-electron chi connectivity index (χ0n) is 18.3. The maximum absolute atomic E-state index is 13.3. The number of amides is 2. The zero-order chi connectivity index (χ0) is 21.8. The van der Waals surface area contributed by atoms with Crippen molar-refractivity contribution >= 4 is 11.8 Å². The summed E-state index contributed by atoms with van der Waals surface area (Å²) in [6.07, 6.45) is 1.42. The van der Waals surface area contributed by atoms with E-state index in [1.54, 1.807) is 18.1 Å². The average Bonchev–Trinajstić information content (AvgIpc) is 3.19. The van der Waals surface area contributed by atoms with Gasteiger partial charge in [-0.2, -0.15) is 0 Å². The number of methoxy groups -OCH3 is 1. The van der Waals surface area contributed by atoms with Gasteiger partial charge in [0.1, 0.15) is 11.8 Å². The lowest BCUT2D eigenvalue weighted by molar-refractivity contribution is -0.130. The summed E-state index contributed by atoms with van der Waals surface area (Å²) in [6.45, 7) is 8.79. The maximum Gasteiger partial charge on any atom is 0.276 e. The number of hydrogen-bond donors (Lipinski definition) is 1. The molecule has 1 aliphatic heterocycles. The Hall–Kier alpha value is -2.83. The predicted molar refractivity (Wildman–Crippen MR) is 114 cm³/mol. The molecule has 1 aromatic carbocycles. The van der Waals surface area contributed by atoms with Crippen molar-refractivity contribution < 1.29 is 18.8 Å². The molecule has 1 fully saturated rings. The monoisotopic (exact) mass is 413 g/mol. The number of piperazine rings is 1. The Morgan fingerprint density at radius 1 is 1.23 bits per heavy atom. The average molecular weight is 414 g/mol. The van der Waals surface area contributed by atoms with E-state index in [9.17, 15) is 9.59 Å². The first-order valence-electron chi connectivity index (χ1n) is 10.5. The molecule has 2 aromatic rings. The minimum Gasteiger partial charge on any atom is -0.497 e. The van der Waals surface area contributed by atoms with E-state index in [0.717, 1.165) is 12.0 Å². The summed E-state index contributed by atoms with van der Waals surface area (Å²) in [4.78, 5) is 27.8. The van der Waals surface area contributed by atoms with Crippen molar-refractivity contribution in [2.24, 2.45) is 11.8 Å². The molecule has 0 saturated carbocycles. The van der Waals surface area contributed by atoms with Crippen LogP contribution in [0.3, 0.4) is 0 Å². The van der Waals surface area contributed by atoms with Crippen molar-refractivity contribution in [1.29, 1.82) is 0 Å². The number of nitrogens with one attached hydrogen (secondary N) is 1. The van der Waals surface area contributed by atoms with Crippen molar-refractivity contribution in [3.8, 4) is 17.1 Å². The van der Waals surface area contributed by atoms with Crippen LogP contribution < -0.4 is 10.1 Å². The van der Waals surface area contributed by atoms with Crippen LogP contribution in [0.4, 0.5) is 0 Å². The van der Waals surface area contributed by atoms with E-state index in [4.69, 9.17) is 9.26 Å². The highest BCUT2D eigenvalue weighted by molar-refractivity contribution is 5.97. The number of benzene rings is 1. The highest BCUT2D eigenvalue weighted by Crippen LogP contribution is 2.26. The zero-order valence-corrected chi connectivity index (χ0v) is 18.3. The Bertz CT molecular complexity index is 890. The van der Waals surface area contributed by atoms with Crippen molar-refractivity contribution in [2.75, 3.05) is 13.7 Å². The smallest absolute Gasteiger partial charge is 0.276 e. The van der Waals surface area contributed by atoms with Gasteiger partial charge in [-0.25, -0.2) is 0 Å². The molecule has 0 radical (unpaired) electrons. The van der Waals surface area contributed by atoms with Crippen LogP contribution in [0.1, 0.15) is 51.0 Å². The van der Waals surface area contributed by atoms with Crippen LogP contribution in [0.2, 0.25) is 0 Å². The molecule has 2 atom stereocenters. The van der Waals surface area contributed by atoms with Gasteiger partial charge in [0.05, 0.1) is 7.11 Å². The number of nitrogens with zero attached hydrogens (tertiary/aromatic N) is 2. The van der Waals surface area contributed by atoms with Crippen LogP contribution in [0.25, 0.3) is 11.3 Å². The Balaban J connectivity index is 1.86. The largest absolute Gasteiger partial charge is 0.497 e. The summed E-state index contributed by atoms with van der Waals surface area (Å²) >= 11 is 0. The first-order chi connectivity index (χ1) is 14.3. The lowest BCUT2D eigenvalue weighted by Crippen LogP contribution is -2.62. The molecule has 0 unspecified atom stereocenters. The fourth-order valence-electron chi connectivity index (χ4n) is 3.89. The van der Waals surface area contributed by atoms with E-state index < -0.39 is 6.04 Å². The van der Waals surface area contributed by atoms with Crippen LogP contribution in [0, 0.1) is 11.8 Å². The standard InChI is InChI=1S/C23H31N3O4/c1-14(2)9-17-13-26(20(10-15(3)4)22(27)24-17)23(28)19-12-21(30-25-19)16-7-6-8-18(11-16)29-5/h6-8,11-12,14-15,17,20H,9-10,13H2,1-5H3,(H,24,27)/t17-,20-/m0/s1. The Kier molecular flexibility index (Phi) is 6.80. The van der Waals surface area contributed by atoms with Crippen LogP contribution in [-0.2, 0) is 4.79 Å². The van der Waals surface area contributed by atoms with Gasteiger partial charge in [0, 0.05) is 24.2 Å². The summed E-state index contributed by atoms with van der Waals surface area (Å²) in [7, 11) is 1.60. The number of aromatic nitrogens is 1. The molecular weight excluding hydrogens is 382 g/mol. The molecule has 7 heteroatoms. The molecule has 1 aromatic heterocycles. The van der Waals surface area contributed by atoms with E-state index in [2.05, 4.69) is 24.3 Å². The number of carbonyl (C=O) groups is 2. The lowest BCUT2D eigenvalue weighted by Gasteiger charge is -2.40. The molecule has 2 amide bonds. The van der Waals surface area contributed by atoms with Crippen molar-refractivity contribution in [3.63, 3.8) is 0 Å². The molecule has 1 saturated heterocycles. The number of rotatable bonds is 7. The number of hydrogen-bond acceptors (Lipinski definition) is 5. The van der Waals surface area contributed by atoms with Gasteiger partial charge in [-0.1, -0.05) is 45.0 Å². The minimum atomic E-state index is -0.502. The highest BCUT2D eigenvalue weighted by Gasteiger charge is 2.39. The molecule has 7 nitrogen and oxygen atoms in total. The van der Waals surface area contributed by atoms with E-state index in [1.807, 2.05) is 38.1 Å². The SMILES string of the molecule is COc1cccc(-c2cc(C(=O)N3C[C@H](CC(C)C)NC(=O)[C@@H]3CC(C)C)no2)c1. The molecule has 2 heterocycles. The second-order valence-corrected chi connectivity index (χ2v) is 8.75. The quantitative estimate of drug-likeness (QED) is 0.747. The molecule has 30 heavy (non-hydrogen) atoms. The third-order valence-electron chi connectivity index (χ3n) is 5.24. The molecule has 0 spiro atoms. The van der Waals surface area contributed by atoms with E-state index in [-0.39, 0.29) is 29.5 Å². The van der Waals surface area contributed by atoms with Gasteiger partial charge >= 0.3 is 0 Å². The maximum atomic E-state index is 13.3. The van der Waals surface area contributed by atoms with Crippen LogP contribution in [0.5, 0.6) is 5.75 Å². The second kappa shape index (κ2) is 9.32. The second-order valence-electron chi connectivity index (χ2n) is 8.75. The molecule has 0 aliphatic carbocycles. The van der Waals surface area contributed by atoms with E-state index >= 15 is 0 Å². The first-order valence-corrected chi connectivity index (χ1v) is 10.5. The topological polar surface area (TPSA) is 84.7 Å². The van der Waals surface area contributed by atoms with Gasteiger partial charge in [0.2, 0.25) is 5.91 Å². The van der Waals surface area contributed by atoms with Gasteiger partial charge in [0.15, 0.2) is 11.5 Å². The highest BCUT2D eigenvalue weighted by atomic mass is 16.5. The molecular formula is C23H31N3O4. The van der Waals surface area contributed by atoms with Crippen LogP contribution in [-0.4, -0.2) is 47.6 Å². The molecule has 0 bridgehead atoms. The van der Waals surface area contributed by atoms with Crippen molar-refractivity contribution in [1.82, 2.24) is 15.4 Å². The molecule has 162 valence electrons. The van der Waals surface area contributed by atoms with Gasteiger partial charge in [0.25, 0.3) is 5.91 Å². The predicted octanol–water partition coefficient (Wildman–Crippen LogP) is 3.75. The Morgan fingerprint density at radius 2 is 1.97 bits per heavy atom. The Morgan fingerprint density at radius 3 is 2.63 bits per heavy atom. The first kappa shape index (κ1) is 21.9. The third-order valence-corrected chi connectivity index (χ3v) is 5.24. The van der Waals surface area contributed by atoms with Crippen LogP contribution >= 0.6 is 0 Å². The van der Waals surface area contributed by atoms with E-state index in [1.165, 1.54) is 0 Å². The van der Waals surface area contributed by atoms with Gasteiger partial charge in [-0.05, 0) is 36.8 Å². The molecule has 1 aliphatic rings. The summed E-state index contributed by atoms with van der Waals surface area (Å²) in [5, 5.41) is 7.10. The fourth-order valence-corrected chi connectivity index (χ4v) is 3.89. The molecule has 3 rings (SSSR count). The Labute approximate surface area is 177 Å². The van der Waals surface area contributed by atoms with E-state index in [0.29, 0.717) is 30.4 Å². The number of carbonyl (C=O) groups excluding carboxylic acids is 2. The van der Waals surface area contributed by atoms with Gasteiger partial charge in [-0.3, -0.25) is 9.59 Å². The third kappa shape index (κ3) is 5.01. The van der Waals surface area contributed by atoms with Crippen molar-refractivity contribution in [3.05, 3.63) is 36.0 Å². The normalized spacial score (nSPS) is 19.3. The summed E-state index contributed by atoms with van der Waals surface area (Å²) in [5.41, 5.74) is 0.980. The summed E-state index contributed by atoms with van der Waals surface area (Å²) in [5.74, 6) is 1.51. The summed E-state index contributed by atoms with van der Waals surface area (Å²) in [6, 6.07) is 8.45. The van der Waals surface area contributed by atoms with Gasteiger partial charge in [-0.15, -0.1) is 0 Å². The number of ether oxygens (including phenoxy) is 1. The minimum absolute atomic E-state index is 0.0605. The van der Waals surface area contributed by atoms with Crippen LogP contribution in [0.15, 0.2) is 34.9 Å². The molecule has 1 N–H and O–H groups in total. The van der Waals surface area contributed by atoms with Gasteiger partial charge < -0.3 is 19.5 Å². The fraction of sp³-hybridized carbons (Fsp3) is 0.522. The lowest BCUT2D eigenvalue weighted by atomic mass is 9.94.